The highest BCUT2D eigenvalue weighted by atomic mass is 16.6. The number of nitro groups is 1. The normalized spacial score (nSPS) is 12.5. The Morgan fingerprint density at radius 2 is 2.37 bits per heavy atom. The summed E-state index contributed by atoms with van der Waals surface area (Å²) in [4.78, 5) is 17.6. The maximum Gasteiger partial charge on any atom is 0.271 e. The third kappa shape index (κ3) is 3.19. The number of fused-ring (bicyclic) bond motifs is 1. The van der Waals surface area contributed by atoms with Gasteiger partial charge < -0.3 is 15.0 Å². The lowest BCUT2D eigenvalue weighted by atomic mass is 10.3. The lowest BCUT2D eigenvalue weighted by Gasteiger charge is -2.11. The van der Waals surface area contributed by atoms with E-state index in [-0.39, 0.29) is 11.8 Å². The van der Waals surface area contributed by atoms with Gasteiger partial charge in [0.1, 0.15) is 0 Å². The van der Waals surface area contributed by atoms with Crippen LogP contribution in [-0.4, -0.2) is 34.1 Å². The molecule has 2 N–H and O–H groups in total. The molecule has 2 rings (SSSR count). The van der Waals surface area contributed by atoms with E-state index in [1.807, 2.05) is 13.8 Å². The summed E-state index contributed by atoms with van der Waals surface area (Å²) in [6, 6.07) is 4.54. The Kier molecular flexibility index (Phi) is 3.96. The van der Waals surface area contributed by atoms with E-state index in [2.05, 4.69) is 15.3 Å². The smallest absolute Gasteiger partial charge is 0.271 e. The van der Waals surface area contributed by atoms with E-state index in [1.165, 1.54) is 12.1 Å². The molecule has 19 heavy (non-hydrogen) atoms. The van der Waals surface area contributed by atoms with Crippen LogP contribution in [-0.2, 0) is 4.74 Å². The first-order chi connectivity index (χ1) is 9.10. The first-order valence-electron chi connectivity index (χ1n) is 6.09. The summed E-state index contributed by atoms with van der Waals surface area (Å²) in [6.07, 6.45) is 0.0764. The molecule has 0 spiro atoms. The number of nitro benzene ring substituents is 1. The van der Waals surface area contributed by atoms with Gasteiger partial charge in [-0.2, -0.15) is 0 Å². The first kappa shape index (κ1) is 13.3. The third-order valence-corrected chi connectivity index (χ3v) is 2.68. The van der Waals surface area contributed by atoms with Crippen molar-refractivity contribution in [3.63, 3.8) is 0 Å². The molecule has 1 atom stereocenters. The van der Waals surface area contributed by atoms with E-state index in [0.717, 1.165) is 0 Å². The molecule has 7 heteroatoms. The Morgan fingerprint density at radius 1 is 1.58 bits per heavy atom. The van der Waals surface area contributed by atoms with Crippen LogP contribution in [0.2, 0.25) is 0 Å². The van der Waals surface area contributed by atoms with Crippen LogP contribution < -0.4 is 5.32 Å². The predicted octanol–water partition coefficient (Wildman–Crippen LogP) is 2.31. The molecule has 0 radical (unpaired) electrons. The summed E-state index contributed by atoms with van der Waals surface area (Å²) in [7, 11) is 0. The molecular formula is C12H16N4O3. The standard InChI is InChI=1S/C12H16N4O3/c1-3-19-8(2)7-13-12-14-10-5-4-9(16(17)18)6-11(10)15-12/h4-6,8H,3,7H2,1-2H3,(H2,13,14,15). The van der Waals surface area contributed by atoms with Crippen LogP contribution in [0.1, 0.15) is 13.8 Å². The van der Waals surface area contributed by atoms with Gasteiger partial charge in [0.15, 0.2) is 0 Å². The number of imidazole rings is 1. The van der Waals surface area contributed by atoms with Crippen LogP contribution in [0.4, 0.5) is 11.6 Å². The van der Waals surface area contributed by atoms with E-state index >= 15 is 0 Å². The SMILES string of the molecule is CCOC(C)CNc1nc2ccc([N+](=O)[O-])cc2[nH]1. The molecule has 0 aliphatic carbocycles. The van der Waals surface area contributed by atoms with Crippen molar-refractivity contribution >= 4 is 22.7 Å². The molecule has 0 aliphatic rings. The van der Waals surface area contributed by atoms with Crippen molar-refractivity contribution in [2.24, 2.45) is 0 Å². The fourth-order valence-corrected chi connectivity index (χ4v) is 1.78. The highest BCUT2D eigenvalue weighted by Crippen LogP contribution is 2.20. The number of rotatable bonds is 6. The second kappa shape index (κ2) is 5.66. The average molecular weight is 264 g/mol. The van der Waals surface area contributed by atoms with Gasteiger partial charge in [-0.15, -0.1) is 0 Å². The third-order valence-electron chi connectivity index (χ3n) is 2.68. The van der Waals surface area contributed by atoms with Gasteiger partial charge in [-0.05, 0) is 19.9 Å². The molecule has 0 saturated heterocycles. The summed E-state index contributed by atoms with van der Waals surface area (Å²) in [6.45, 7) is 5.19. The molecule has 7 nitrogen and oxygen atoms in total. The Hall–Kier alpha value is -2.15. The van der Waals surface area contributed by atoms with Crippen molar-refractivity contribution in [1.29, 1.82) is 0 Å². The fraction of sp³-hybridized carbons (Fsp3) is 0.417. The maximum absolute atomic E-state index is 10.7. The summed E-state index contributed by atoms with van der Waals surface area (Å²) >= 11 is 0. The van der Waals surface area contributed by atoms with E-state index in [4.69, 9.17) is 4.74 Å². The lowest BCUT2D eigenvalue weighted by Crippen LogP contribution is -2.20. The van der Waals surface area contributed by atoms with E-state index in [1.54, 1.807) is 6.07 Å². The number of benzene rings is 1. The average Bonchev–Trinajstić information content (AvgIpc) is 2.78. The Balaban J connectivity index is 2.11. The molecule has 1 aromatic carbocycles. The molecule has 1 unspecified atom stereocenters. The molecule has 102 valence electrons. The van der Waals surface area contributed by atoms with Crippen molar-refractivity contribution in [2.75, 3.05) is 18.5 Å². The number of non-ortho nitro benzene ring substituents is 1. The topological polar surface area (TPSA) is 93.1 Å². The number of hydrogen-bond donors (Lipinski definition) is 2. The van der Waals surface area contributed by atoms with Crippen LogP contribution in [0.3, 0.4) is 0 Å². The van der Waals surface area contributed by atoms with E-state index in [0.29, 0.717) is 30.1 Å². The highest BCUT2D eigenvalue weighted by Gasteiger charge is 2.10. The molecular weight excluding hydrogens is 248 g/mol. The van der Waals surface area contributed by atoms with Gasteiger partial charge in [-0.3, -0.25) is 10.1 Å². The molecule has 0 saturated carbocycles. The Morgan fingerprint density at radius 3 is 3.05 bits per heavy atom. The zero-order valence-electron chi connectivity index (χ0n) is 10.8. The number of H-pyrrole nitrogens is 1. The summed E-state index contributed by atoms with van der Waals surface area (Å²) in [5, 5.41) is 13.8. The number of nitrogens with one attached hydrogen (secondary N) is 2. The number of nitrogens with zero attached hydrogens (tertiary/aromatic N) is 2. The Labute approximate surface area is 110 Å². The van der Waals surface area contributed by atoms with Crippen molar-refractivity contribution in [3.8, 4) is 0 Å². The van der Waals surface area contributed by atoms with Crippen molar-refractivity contribution in [1.82, 2.24) is 9.97 Å². The molecule has 1 heterocycles. The number of aromatic nitrogens is 2. The van der Waals surface area contributed by atoms with Crippen LogP contribution in [0.25, 0.3) is 11.0 Å². The highest BCUT2D eigenvalue weighted by molar-refractivity contribution is 5.79. The summed E-state index contributed by atoms with van der Waals surface area (Å²) in [5.41, 5.74) is 1.38. The van der Waals surface area contributed by atoms with Crippen LogP contribution in [0, 0.1) is 10.1 Å². The van der Waals surface area contributed by atoms with Crippen LogP contribution in [0.15, 0.2) is 18.2 Å². The predicted molar refractivity (Wildman–Crippen MR) is 72.3 cm³/mol. The van der Waals surface area contributed by atoms with Gasteiger partial charge in [0.25, 0.3) is 5.69 Å². The molecule has 0 bridgehead atoms. The first-order valence-corrected chi connectivity index (χ1v) is 6.09. The second-order valence-corrected chi connectivity index (χ2v) is 4.19. The number of aromatic amines is 1. The van der Waals surface area contributed by atoms with Gasteiger partial charge in [-0.25, -0.2) is 4.98 Å². The lowest BCUT2D eigenvalue weighted by molar-refractivity contribution is -0.384. The molecule has 0 aliphatic heterocycles. The van der Waals surface area contributed by atoms with E-state index < -0.39 is 4.92 Å². The van der Waals surface area contributed by atoms with Gasteiger partial charge >= 0.3 is 0 Å². The minimum absolute atomic E-state index is 0.0467. The zero-order valence-corrected chi connectivity index (χ0v) is 10.8. The monoisotopic (exact) mass is 264 g/mol. The molecule has 2 aromatic rings. The van der Waals surface area contributed by atoms with Crippen LogP contribution >= 0.6 is 0 Å². The van der Waals surface area contributed by atoms with Gasteiger partial charge in [-0.1, -0.05) is 0 Å². The van der Waals surface area contributed by atoms with Crippen molar-refractivity contribution in [2.45, 2.75) is 20.0 Å². The molecule has 0 amide bonds. The zero-order chi connectivity index (χ0) is 13.8. The van der Waals surface area contributed by atoms with E-state index in [9.17, 15) is 10.1 Å². The minimum Gasteiger partial charge on any atom is -0.377 e. The van der Waals surface area contributed by atoms with Gasteiger partial charge in [0, 0.05) is 25.3 Å². The molecule has 1 aromatic heterocycles. The quantitative estimate of drug-likeness (QED) is 0.617. The van der Waals surface area contributed by atoms with Gasteiger partial charge in [0.2, 0.25) is 5.95 Å². The number of hydrogen-bond acceptors (Lipinski definition) is 5. The van der Waals surface area contributed by atoms with Crippen LogP contribution in [0.5, 0.6) is 0 Å². The maximum atomic E-state index is 10.7. The second-order valence-electron chi connectivity index (χ2n) is 4.19. The molecule has 0 fully saturated rings. The summed E-state index contributed by atoms with van der Waals surface area (Å²) in [5.74, 6) is 0.585. The van der Waals surface area contributed by atoms with Crippen molar-refractivity contribution < 1.29 is 9.66 Å². The fourth-order valence-electron chi connectivity index (χ4n) is 1.78. The largest absolute Gasteiger partial charge is 0.377 e. The number of anilines is 1. The minimum atomic E-state index is -0.426. The summed E-state index contributed by atoms with van der Waals surface area (Å²) < 4.78 is 5.39. The Bertz CT molecular complexity index is 581. The van der Waals surface area contributed by atoms with Gasteiger partial charge in [0.05, 0.1) is 22.1 Å². The number of ether oxygens (including phenoxy) is 1. The van der Waals surface area contributed by atoms with Crippen molar-refractivity contribution in [3.05, 3.63) is 28.3 Å².